The van der Waals surface area contributed by atoms with Gasteiger partial charge in [-0.1, -0.05) is 0 Å². The Morgan fingerprint density at radius 3 is 2.71 bits per heavy atom. The van der Waals surface area contributed by atoms with Gasteiger partial charge >= 0.3 is 0 Å². The lowest BCUT2D eigenvalue weighted by Crippen LogP contribution is -2.29. The number of rotatable bonds is 4. The largest absolute Gasteiger partial charge is 0.291 e. The lowest BCUT2D eigenvalue weighted by molar-refractivity contribution is -0.385. The minimum atomic E-state index is -0.669. The second kappa shape index (κ2) is 4.36. The highest BCUT2D eigenvalue weighted by molar-refractivity contribution is 5.98. The number of benzene rings is 1. The molecule has 0 aromatic heterocycles. The summed E-state index contributed by atoms with van der Waals surface area (Å²) >= 11 is 0. The Balaban J connectivity index is 2.30. The number of anilines is 1. The Hall–Kier alpha value is -2.19. The first-order valence-electron chi connectivity index (χ1n) is 4.86. The van der Waals surface area contributed by atoms with Gasteiger partial charge in [0.2, 0.25) is 0 Å². The molecule has 0 unspecified atom stereocenters. The van der Waals surface area contributed by atoms with Gasteiger partial charge in [-0.05, 0) is 12.1 Å². The van der Waals surface area contributed by atoms with Crippen molar-refractivity contribution in [2.24, 2.45) is 0 Å². The topological polar surface area (TPSA) is 108 Å². The second-order valence-corrected chi connectivity index (χ2v) is 3.53. The molecule has 1 saturated heterocycles. The molecule has 0 aliphatic carbocycles. The number of hydrazine groups is 1. The number of hydrogen-bond acceptors (Lipinski definition) is 6. The lowest BCUT2D eigenvalue weighted by atomic mass is 10.1. The zero-order valence-corrected chi connectivity index (χ0v) is 8.71. The molecule has 1 amide bonds. The van der Waals surface area contributed by atoms with Crippen LogP contribution in [0, 0.1) is 10.1 Å². The van der Waals surface area contributed by atoms with E-state index in [4.69, 9.17) is 5.21 Å². The first-order valence-corrected chi connectivity index (χ1v) is 4.86. The summed E-state index contributed by atoms with van der Waals surface area (Å²) in [6.07, 6.45) is 0. The summed E-state index contributed by atoms with van der Waals surface area (Å²) < 4.78 is 0. The summed E-state index contributed by atoms with van der Waals surface area (Å²) in [7, 11) is 0. The van der Waals surface area contributed by atoms with Gasteiger partial charge in [0.05, 0.1) is 10.6 Å². The number of hydrogen-bond donors (Lipinski definition) is 3. The molecule has 17 heavy (non-hydrogen) atoms. The minimum Gasteiger partial charge on any atom is -0.291 e. The summed E-state index contributed by atoms with van der Waals surface area (Å²) in [6.45, 7) is 1.49. The highest BCUT2D eigenvalue weighted by atomic mass is 16.6. The molecule has 8 heteroatoms. The van der Waals surface area contributed by atoms with Crippen molar-refractivity contribution in [3.05, 3.63) is 33.9 Å². The molecule has 0 saturated carbocycles. The minimum absolute atomic E-state index is 0.0408. The third-order valence-electron chi connectivity index (χ3n) is 2.28. The predicted molar refractivity (Wildman–Crippen MR) is 57.5 cm³/mol. The van der Waals surface area contributed by atoms with E-state index in [-0.39, 0.29) is 16.9 Å². The van der Waals surface area contributed by atoms with Crippen LogP contribution >= 0.6 is 0 Å². The molecule has 0 radical (unpaired) electrons. The second-order valence-electron chi connectivity index (χ2n) is 3.53. The van der Waals surface area contributed by atoms with Crippen LogP contribution in [-0.2, 0) is 0 Å². The summed E-state index contributed by atoms with van der Waals surface area (Å²) in [4.78, 5) is 21.8. The molecule has 8 nitrogen and oxygen atoms in total. The third kappa shape index (κ3) is 2.49. The van der Waals surface area contributed by atoms with Gasteiger partial charge in [-0.3, -0.25) is 31.0 Å². The van der Waals surface area contributed by atoms with Gasteiger partial charge in [0, 0.05) is 19.2 Å². The fourth-order valence-electron chi connectivity index (χ4n) is 1.31. The van der Waals surface area contributed by atoms with E-state index in [1.54, 1.807) is 10.5 Å². The van der Waals surface area contributed by atoms with Crippen LogP contribution in [0.2, 0.25) is 0 Å². The fraction of sp³-hybridized carbons (Fsp3) is 0.222. The maximum absolute atomic E-state index is 11.7. The molecule has 0 bridgehead atoms. The average molecular weight is 238 g/mol. The van der Waals surface area contributed by atoms with Crippen LogP contribution < -0.4 is 10.9 Å². The lowest BCUT2D eigenvalue weighted by Gasteiger charge is -2.06. The van der Waals surface area contributed by atoms with E-state index in [2.05, 4.69) is 5.43 Å². The number of amides is 1. The Labute approximate surface area is 95.9 Å². The van der Waals surface area contributed by atoms with E-state index in [9.17, 15) is 14.9 Å². The Morgan fingerprint density at radius 2 is 2.18 bits per heavy atom. The fourth-order valence-corrected chi connectivity index (χ4v) is 1.31. The van der Waals surface area contributed by atoms with E-state index in [1.807, 2.05) is 0 Å². The summed E-state index contributed by atoms with van der Waals surface area (Å²) in [6, 6.07) is 3.76. The highest BCUT2D eigenvalue weighted by Gasteiger charge is 2.25. The van der Waals surface area contributed by atoms with Gasteiger partial charge < -0.3 is 0 Å². The molecule has 2 rings (SSSR count). The average Bonchev–Trinajstić information content (AvgIpc) is 3.12. The standard InChI is InChI=1S/C9H10N4O4/c14-9(10-12-3-4-12)7-2-1-6(11-15)5-8(7)13(16)17/h1-2,5,11,15H,3-4H2,(H,10,14). The van der Waals surface area contributed by atoms with Crippen LogP contribution in [0.4, 0.5) is 11.4 Å². The van der Waals surface area contributed by atoms with Crippen LogP contribution in [-0.4, -0.2) is 34.1 Å². The first kappa shape index (κ1) is 11.3. The van der Waals surface area contributed by atoms with Crippen LogP contribution in [0.25, 0.3) is 0 Å². The summed E-state index contributed by atoms with van der Waals surface area (Å²) in [5, 5.41) is 21.1. The molecule has 0 atom stereocenters. The van der Waals surface area contributed by atoms with Gasteiger partial charge in [-0.25, -0.2) is 5.01 Å². The number of nitrogens with one attached hydrogen (secondary N) is 2. The van der Waals surface area contributed by atoms with Gasteiger partial charge in [0.1, 0.15) is 5.56 Å². The smallest absolute Gasteiger partial charge is 0.284 e. The van der Waals surface area contributed by atoms with Crippen molar-refractivity contribution >= 4 is 17.3 Å². The molecule has 0 spiro atoms. The monoisotopic (exact) mass is 238 g/mol. The van der Waals surface area contributed by atoms with Gasteiger partial charge in [-0.15, -0.1) is 0 Å². The summed E-state index contributed by atoms with van der Waals surface area (Å²) in [5.41, 5.74) is 4.06. The zero-order chi connectivity index (χ0) is 12.4. The van der Waals surface area contributed by atoms with E-state index in [1.165, 1.54) is 12.1 Å². The number of nitro groups is 1. The van der Waals surface area contributed by atoms with Crippen molar-refractivity contribution in [2.45, 2.75) is 0 Å². The predicted octanol–water partition coefficient (Wildman–Crippen LogP) is 0.356. The molecule has 1 aliphatic rings. The quantitative estimate of drug-likeness (QED) is 0.397. The van der Waals surface area contributed by atoms with Crippen molar-refractivity contribution in [3.63, 3.8) is 0 Å². The highest BCUT2D eigenvalue weighted by Crippen LogP contribution is 2.23. The number of nitro benzene ring substituents is 1. The number of nitrogens with zero attached hydrogens (tertiary/aromatic N) is 2. The SMILES string of the molecule is O=C(NN1CC1)c1ccc(NO)cc1[N+](=O)[O-]. The van der Waals surface area contributed by atoms with Gasteiger partial charge in [0.15, 0.2) is 0 Å². The third-order valence-corrected chi connectivity index (χ3v) is 2.28. The van der Waals surface area contributed by atoms with Crippen molar-refractivity contribution in [3.8, 4) is 0 Å². The zero-order valence-electron chi connectivity index (χ0n) is 8.71. The molecule has 1 aliphatic heterocycles. The van der Waals surface area contributed by atoms with Gasteiger partial charge in [0.25, 0.3) is 11.6 Å². The molecule has 90 valence electrons. The normalized spacial score (nSPS) is 14.2. The van der Waals surface area contributed by atoms with Crippen molar-refractivity contribution < 1.29 is 14.9 Å². The van der Waals surface area contributed by atoms with E-state index >= 15 is 0 Å². The summed E-state index contributed by atoms with van der Waals surface area (Å²) in [5.74, 6) is -0.529. The molecular formula is C9H10N4O4. The molecule has 3 N–H and O–H groups in total. The van der Waals surface area contributed by atoms with E-state index in [0.717, 1.165) is 19.2 Å². The molecular weight excluding hydrogens is 228 g/mol. The maximum atomic E-state index is 11.7. The van der Waals surface area contributed by atoms with Crippen LogP contribution in [0.3, 0.4) is 0 Å². The Bertz CT molecular complexity index is 472. The van der Waals surface area contributed by atoms with Crippen LogP contribution in [0.5, 0.6) is 0 Å². The van der Waals surface area contributed by atoms with Crippen LogP contribution in [0.1, 0.15) is 10.4 Å². The Kier molecular flexibility index (Phi) is 2.90. The number of carbonyl (C=O) groups excluding carboxylic acids is 1. The number of carbonyl (C=O) groups is 1. The Morgan fingerprint density at radius 1 is 1.47 bits per heavy atom. The van der Waals surface area contributed by atoms with Crippen molar-refractivity contribution in [1.29, 1.82) is 0 Å². The van der Waals surface area contributed by atoms with Crippen LogP contribution in [0.15, 0.2) is 18.2 Å². The van der Waals surface area contributed by atoms with Crippen molar-refractivity contribution in [2.75, 3.05) is 18.6 Å². The maximum Gasteiger partial charge on any atom is 0.284 e. The van der Waals surface area contributed by atoms with E-state index in [0.29, 0.717) is 0 Å². The molecule has 1 heterocycles. The molecule has 1 aromatic carbocycles. The van der Waals surface area contributed by atoms with E-state index < -0.39 is 10.8 Å². The van der Waals surface area contributed by atoms with Gasteiger partial charge in [-0.2, -0.15) is 0 Å². The first-order chi connectivity index (χ1) is 8.11. The molecule has 1 aromatic rings. The molecule has 1 fully saturated rings. The van der Waals surface area contributed by atoms with Crippen molar-refractivity contribution in [1.82, 2.24) is 10.4 Å².